The van der Waals surface area contributed by atoms with Crippen LogP contribution >= 0.6 is 11.3 Å². The first-order chi connectivity index (χ1) is 12.7. The fourth-order valence-corrected chi connectivity index (χ4v) is 4.03. The van der Waals surface area contributed by atoms with Crippen LogP contribution in [-0.2, 0) is 6.54 Å². The molecule has 0 fully saturated rings. The molecule has 0 radical (unpaired) electrons. The van der Waals surface area contributed by atoms with Crippen LogP contribution in [0, 0.1) is 6.92 Å². The van der Waals surface area contributed by atoms with Crippen LogP contribution in [0.1, 0.15) is 22.9 Å². The second-order valence-electron chi connectivity index (χ2n) is 6.09. The molecule has 0 bridgehead atoms. The molecule has 1 aromatic heterocycles. The molecule has 0 spiro atoms. The lowest BCUT2D eigenvalue weighted by molar-refractivity contribution is 0.416. The van der Waals surface area contributed by atoms with Crippen LogP contribution in [0.2, 0.25) is 0 Å². The van der Waals surface area contributed by atoms with Gasteiger partial charge in [0.05, 0.1) is 16.3 Å². The first-order valence-corrected chi connectivity index (χ1v) is 9.37. The maximum Gasteiger partial charge on any atom is 0.211 e. The molecule has 0 saturated carbocycles. The fraction of sp³-hybridized carbons (Fsp3) is 0.143. The average Bonchev–Trinajstić information content (AvgIpc) is 3.19. The lowest BCUT2D eigenvalue weighted by Crippen LogP contribution is -2.12. The molecule has 1 N–H and O–H groups in total. The Morgan fingerprint density at radius 1 is 1.15 bits per heavy atom. The molecule has 26 heavy (non-hydrogen) atoms. The van der Waals surface area contributed by atoms with Crippen LogP contribution in [-0.4, -0.2) is 15.9 Å². The number of aryl methyl sites for hydroxylation is 1. The van der Waals surface area contributed by atoms with Gasteiger partial charge in [0.2, 0.25) is 5.88 Å². The Labute approximate surface area is 156 Å². The van der Waals surface area contributed by atoms with E-state index in [9.17, 15) is 5.11 Å². The third-order valence-electron chi connectivity index (χ3n) is 4.40. The molecule has 0 saturated heterocycles. The number of aromatic hydroxyl groups is 1. The van der Waals surface area contributed by atoms with Gasteiger partial charge in [-0.1, -0.05) is 47.7 Å². The number of benzene rings is 2. The Hall–Kier alpha value is -2.92. The molecule has 4 nitrogen and oxygen atoms in total. The van der Waals surface area contributed by atoms with E-state index in [4.69, 9.17) is 4.99 Å². The smallest absolute Gasteiger partial charge is 0.211 e. The summed E-state index contributed by atoms with van der Waals surface area (Å²) in [6.45, 7) is 4.70. The standard InChI is InChI=1S/C21H19N3OS/c1-3-24-20(25)19(12-15-13-22-18-11-7-5-9-16(15)18)26-21(24)23-17-10-6-4-8-14(17)2/h4-13,25H,3H2,1-2H3/b15-12+,23-21?. The third-order valence-corrected chi connectivity index (χ3v) is 5.41. The van der Waals surface area contributed by atoms with Gasteiger partial charge in [0, 0.05) is 23.9 Å². The lowest BCUT2D eigenvalue weighted by Gasteiger charge is -2.01. The molecular formula is C21H19N3OS. The quantitative estimate of drug-likeness (QED) is 0.695. The Morgan fingerprint density at radius 2 is 1.92 bits per heavy atom. The van der Waals surface area contributed by atoms with Gasteiger partial charge in [-0.2, -0.15) is 0 Å². The van der Waals surface area contributed by atoms with Gasteiger partial charge in [-0.15, -0.1) is 0 Å². The summed E-state index contributed by atoms with van der Waals surface area (Å²) in [6, 6.07) is 16.0. The summed E-state index contributed by atoms with van der Waals surface area (Å²) >= 11 is 1.48. The molecule has 5 heteroatoms. The largest absolute Gasteiger partial charge is 0.493 e. The van der Waals surface area contributed by atoms with Crippen molar-refractivity contribution < 1.29 is 5.11 Å². The van der Waals surface area contributed by atoms with E-state index in [2.05, 4.69) is 4.99 Å². The summed E-state index contributed by atoms with van der Waals surface area (Å²) in [4.78, 5) is 10.8. The summed E-state index contributed by atoms with van der Waals surface area (Å²) in [7, 11) is 0. The van der Waals surface area contributed by atoms with E-state index in [1.807, 2.05) is 79.2 Å². The molecule has 4 rings (SSSR count). The van der Waals surface area contributed by atoms with Crippen LogP contribution in [0.25, 0.3) is 11.6 Å². The van der Waals surface area contributed by atoms with Gasteiger partial charge in [-0.05, 0) is 37.6 Å². The van der Waals surface area contributed by atoms with Crippen molar-refractivity contribution >= 4 is 40.6 Å². The van der Waals surface area contributed by atoms with Crippen molar-refractivity contribution in [2.24, 2.45) is 9.98 Å². The molecule has 1 aliphatic heterocycles. The molecule has 0 atom stereocenters. The summed E-state index contributed by atoms with van der Waals surface area (Å²) in [6.07, 6.45) is 3.83. The third kappa shape index (κ3) is 2.91. The first kappa shape index (κ1) is 16.5. The molecule has 2 heterocycles. The second kappa shape index (κ2) is 6.77. The van der Waals surface area contributed by atoms with Crippen LogP contribution in [0.15, 0.2) is 58.5 Å². The topological polar surface area (TPSA) is 49.9 Å². The summed E-state index contributed by atoms with van der Waals surface area (Å²) < 4.78 is 1.83. The minimum atomic E-state index is 0.245. The number of aromatic nitrogens is 1. The van der Waals surface area contributed by atoms with Crippen LogP contribution < -0.4 is 4.80 Å². The molecule has 0 aliphatic carbocycles. The monoisotopic (exact) mass is 361 g/mol. The number of rotatable bonds is 3. The number of aliphatic imine (C=N–C) groups is 1. The molecule has 1 aliphatic rings. The predicted molar refractivity (Wildman–Crippen MR) is 109 cm³/mol. The Morgan fingerprint density at radius 3 is 2.73 bits per heavy atom. The fourth-order valence-electron chi connectivity index (χ4n) is 2.97. The average molecular weight is 361 g/mol. The van der Waals surface area contributed by atoms with E-state index in [1.165, 1.54) is 11.3 Å². The highest BCUT2D eigenvalue weighted by Crippen LogP contribution is 2.34. The number of fused-ring (bicyclic) bond motifs is 1. The molecular weight excluding hydrogens is 342 g/mol. The Kier molecular flexibility index (Phi) is 4.31. The Bertz CT molecular complexity index is 1100. The van der Waals surface area contributed by atoms with Gasteiger partial charge in [0.25, 0.3) is 0 Å². The highest BCUT2D eigenvalue weighted by Gasteiger charge is 2.15. The van der Waals surface area contributed by atoms with Gasteiger partial charge in [-0.25, -0.2) is 4.99 Å². The van der Waals surface area contributed by atoms with E-state index in [0.717, 1.165) is 37.8 Å². The van der Waals surface area contributed by atoms with E-state index >= 15 is 0 Å². The summed E-state index contributed by atoms with van der Waals surface area (Å²) in [5.74, 6) is 0.245. The predicted octanol–water partition coefficient (Wildman–Crippen LogP) is 5.07. The molecule has 0 amide bonds. The van der Waals surface area contributed by atoms with Crippen molar-refractivity contribution in [1.82, 2.24) is 4.57 Å². The number of hydrogen-bond acceptors (Lipinski definition) is 4. The first-order valence-electron chi connectivity index (χ1n) is 8.55. The van der Waals surface area contributed by atoms with Crippen LogP contribution in [0.3, 0.4) is 0 Å². The maximum atomic E-state index is 10.7. The zero-order valence-corrected chi connectivity index (χ0v) is 15.5. The van der Waals surface area contributed by atoms with E-state index in [-0.39, 0.29) is 5.88 Å². The summed E-state index contributed by atoms with van der Waals surface area (Å²) in [5.41, 5.74) is 5.08. The van der Waals surface area contributed by atoms with Crippen LogP contribution in [0.4, 0.5) is 11.4 Å². The molecule has 0 unspecified atom stereocenters. The SMILES string of the molecule is CCn1c(O)c(/C=C2\C=Nc3ccccc32)sc1=Nc1ccccc1C. The number of thiazole rings is 1. The highest BCUT2D eigenvalue weighted by atomic mass is 32.1. The van der Waals surface area contributed by atoms with Crippen molar-refractivity contribution in [3.63, 3.8) is 0 Å². The maximum absolute atomic E-state index is 10.7. The van der Waals surface area contributed by atoms with Crippen molar-refractivity contribution in [3.8, 4) is 5.88 Å². The van der Waals surface area contributed by atoms with E-state index < -0.39 is 0 Å². The van der Waals surface area contributed by atoms with Gasteiger partial charge < -0.3 is 5.11 Å². The summed E-state index contributed by atoms with van der Waals surface area (Å²) in [5, 5.41) is 10.7. The van der Waals surface area contributed by atoms with Gasteiger partial charge >= 0.3 is 0 Å². The molecule has 130 valence electrons. The van der Waals surface area contributed by atoms with Crippen molar-refractivity contribution in [2.45, 2.75) is 20.4 Å². The van der Waals surface area contributed by atoms with Crippen molar-refractivity contribution in [1.29, 1.82) is 0 Å². The number of nitrogens with zero attached hydrogens (tertiary/aromatic N) is 3. The molecule has 3 aromatic rings. The van der Waals surface area contributed by atoms with Gasteiger partial charge in [0.1, 0.15) is 0 Å². The van der Waals surface area contributed by atoms with Crippen molar-refractivity contribution in [2.75, 3.05) is 0 Å². The number of hydrogen-bond donors (Lipinski definition) is 1. The zero-order valence-electron chi connectivity index (χ0n) is 14.7. The highest BCUT2D eigenvalue weighted by molar-refractivity contribution is 7.10. The minimum absolute atomic E-state index is 0.245. The second-order valence-corrected chi connectivity index (χ2v) is 7.10. The normalized spacial score (nSPS) is 15.0. The van der Waals surface area contributed by atoms with Gasteiger partial charge in [0.15, 0.2) is 4.80 Å². The van der Waals surface area contributed by atoms with E-state index in [0.29, 0.717) is 6.54 Å². The number of para-hydroxylation sites is 2. The zero-order chi connectivity index (χ0) is 18.1. The Balaban J connectivity index is 1.83. The lowest BCUT2D eigenvalue weighted by atomic mass is 10.1. The van der Waals surface area contributed by atoms with Crippen LogP contribution in [0.5, 0.6) is 5.88 Å². The molecule has 2 aromatic carbocycles. The number of allylic oxidation sites excluding steroid dienone is 1. The van der Waals surface area contributed by atoms with Crippen molar-refractivity contribution in [3.05, 3.63) is 69.3 Å². The van der Waals surface area contributed by atoms with Gasteiger partial charge in [-0.3, -0.25) is 9.56 Å². The minimum Gasteiger partial charge on any atom is -0.493 e. The van der Waals surface area contributed by atoms with E-state index in [1.54, 1.807) is 0 Å².